The Balaban J connectivity index is 1.97. The summed E-state index contributed by atoms with van der Waals surface area (Å²) in [5.74, 6) is 0. The Bertz CT molecular complexity index is 1330. The molecule has 2 aromatic carbocycles. The summed E-state index contributed by atoms with van der Waals surface area (Å²) in [6.07, 6.45) is -0.438. The van der Waals surface area contributed by atoms with Crippen molar-refractivity contribution in [3.63, 3.8) is 0 Å². The summed E-state index contributed by atoms with van der Waals surface area (Å²) in [6, 6.07) is 19.3. The van der Waals surface area contributed by atoms with Gasteiger partial charge in [-0.25, -0.2) is 8.96 Å². The van der Waals surface area contributed by atoms with Crippen LogP contribution in [0.4, 0.5) is 0 Å². The van der Waals surface area contributed by atoms with E-state index in [0.717, 1.165) is 14.8 Å². The van der Waals surface area contributed by atoms with Crippen LogP contribution < -0.4 is 5.45 Å². The first-order valence-corrected chi connectivity index (χ1v) is 18.6. The van der Waals surface area contributed by atoms with Gasteiger partial charge in [0.05, 0.1) is 31.2 Å². The van der Waals surface area contributed by atoms with E-state index in [0.29, 0.717) is 12.1 Å². The van der Waals surface area contributed by atoms with Crippen molar-refractivity contribution in [2.45, 2.75) is 74.3 Å². The maximum Gasteiger partial charge on any atom is 0.308 e. The summed E-state index contributed by atoms with van der Waals surface area (Å²) in [5, 5.41) is 22.0. The number of aliphatic hydroxyl groups is 2. The van der Waals surface area contributed by atoms with E-state index in [2.05, 4.69) is 38.8 Å². The van der Waals surface area contributed by atoms with Crippen LogP contribution >= 0.6 is 11.8 Å². The number of thioether (sulfide) groups is 1. The highest BCUT2D eigenvalue weighted by atomic mass is 32.2. The maximum atomic E-state index is 13.7. The van der Waals surface area contributed by atoms with Crippen molar-refractivity contribution in [3.05, 3.63) is 78.1 Å². The molecule has 1 heterocycles. The van der Waals surface area contributed by atoms with E-state index < -0.39 is 35.7 Å². The molecular weight excluding hydrogens is 563 g/mol. The van der Waals surface area contributed by atoms with Gasteiger partial charge in [-0.05, 0) is 29.2 Å². The van der Waals surface area contributed by atoms with E-state index in [4.69, 9.17) is 4.74 Å². The summed E-state index contributed by atoms with van der Waals surface area (Å²) < 4.78 is 35.5. The average molecular weight is 606 g/mol. The lowest BCUT2D eigenvalue weighted by Crippen LogP contribution is -2.56. The molecule has 2 N–H and O–H groups in total. The third-order valence-electron chi connectivity index (χ3n) is 7.48. The van der Waals surface area contributed by atoms with Crippen LogP contribution in [0, 0.1) is 0 Å². The molecule has 0 spiro atoms. The Morgan fingerprint density at radius 3 is 2.15 bits per heavy atom. The van der Waals surface area contributed by atoms with Crippen LogP contribution in [-0.4, -0.2) is 72.0 Å². The minimum Gasteiger partial charge on any atom is -0.391 e. The number of aliphatic hydroxyl groups excluding tert-OH is 2. The van der Waals surface area contributed by atoms with E-state index in [1.165, 1.54) is 36.0 Å². The molecule has 0 fully saturated rings. The second-order valence-corrected chi connectivity index (χ2v) is 20.2. The Morgan fingerprint density at radius 2 is 1.60 bits per heavy atom. The number of imidazole rings is 1. The molecule has 0 saturated heterocycles. The molecule has 40 heavy (non-hydrogen) atoms. The van der Waals surface area contributed by atoms with Gasteiger partial charge in [0.15, 0.2) is 0 Å². The topological polar surface area (TPSA) is 105 Å². The van der Waals surface area contributed by atoms with Gasteiger partial charge in [0.1, 0.15) is 19.6 Å². The molecule has 3 atom stereocenters. The number of hydrogen-bond acceptors (Lipinski definition) is 7. The van der Waals surface area contributed by atoms with Crippen LogP contribution in [0.25, 0.3) is 0 Å². The predicted molar refractivity (Wildman–Crippen MR) is 165 cm³/mol. The number of benzene rings is 2. The fraction of sp³-hybridized carbons (Fsp3) is 0.483. The minimum atomic E-state index is -4.00. The monoisotopic (exact) mass is 605 g/mol. The first-order chi connectivity index (χ1) is 18.7. The van der Waals surface area contributed by atoms with Crippen LogP contribution in [0.15, 0.2) is 71.8 Å². The van der Waals surface area contributed by atoms with Crippen molar-refractivity contribution in [1.29, 1.82) is 0 Å². The van der Waals surface area contributed by atoms with Crippen LogP contribution in [0.2, 0.25) is 18.1 Å². The molecule has 0 saturated carbocycles. The van der Waals surface area contributed by atoms with Crippen molar-refractivity contribution in [1.82, 2.24) is 13.3 Å². The Kier molecular flexibility index (Phi) is 10.8. The van der Waals surface area contributed by atoms with Crippen molar-refractivity contribution >= 4 is 35.5 Å². The molecular formula is C29H43N3O5S2Si. The number of hydrogen-bond donors (Lipinski definition) is 2. The first-order valence-electron chi connectivity index (χ1n) is 13.4. The van der Waals surface area contributed by atoms with Gasteiger partial charge in [0.2, 0.25) is 0 Å². The number of ether oxygens (including phenoxy) is 1. The Morgan fingerprint density at radius 1 is 1.02 bits per heavy atom. The molecule has 0 radical (unpaired) electrons. The molecule has 1 aromatic heterocycles. The standard InChI is InChI=1S/C29H43N3O5S2Si/c1-29(2,3)40(6,7)28-30-19-25(32(28)39(35,36)31(4)5)27(34)26(38-24-16-12-9-13-17-24)18-23(33)21-37-20-22-14-10-8-11-15-22/h8-17,19,23,26-27,33-34H,18,20-21H2,1-7H3/t23-,26+,27-/m0/s1. The maximum absolute atomic E-state index is 13.7. The molecule has 0 aliphatic heterocycles. The lowest BCUT2D eigenvalue weighted by atomic mass is 10.1. The summed E-state index contributed by atoms with van der Waals surface area (Å²) in [7, 11) is -3.48. The van der Waals surface area contributed by atoms with E-state index in [1.54, 1.807) is 0 Å². The minimum absolute atomic E-state index is 0.0813. The van der Waals surface area contributed by atoms with Gasteiger partial charge in [0, 0.05) is 24.2 Å². The Hall–Kier alpha value is -1.99. The number of aromatic nitrogens is 2. The summed E-state index contributed by atoms with van der Waals surface area (Å²) in [4.78, 5) is 5.54. The number of rotatable bonds is 13. The van der Waals surface area contributed by atoms with Crippen molar-refractivity contribution in [3.8, 4) is 0 Å². The van der Waals surface area contributed by atoms with E-state index in [9.17, 15) is 18.6 Å². The smallest absolute Gasteiger partial charge is 0.308 e. The van der Waals surface area contributed by atoms with Crippen LogP contribution in [-0.2, 0) is 21.6 Å². The van der Waals surface area contributed by atoms with Gasteiger partial charge in [-0.15, -0.1) is 11.8 Å². The van der Waals surface area contributed by atoms with Gasteiger partial charge < -0.3 is 14.9 Å². The molecule has 0 unspecified atom stereocenters. The molecule has 11 heteroatoms. The fourth-order valence-corrected chi connectivity index (χ4v) is 9.03. The Labute approximate surface area is 244 Å². The third-order valence-corrected chi connectivity index (χ3v) is 15.9. The summed E-state index contributed by atoms with van der Waals surface area (Å²) >= 11 is 1.40. The quantitative estimate of drug-likeness (QED) is 0.220. The van der Waals surface area contributed by atoms with Crippen molar-refractivity contribution in [2.24, 2.45) is 0 Å². The van der Waals surface area contributed by atoms with Gasteiger partial charge in [-0.2, -0.15) is 12.7 Å². The molecule has 8 nitrogen and oxygen atoms in total. The predicted octanol–water partition coefficient (Wildman–Crippen LogP) is 4.42. The average Bonchev–Trinajstić information content (AvgIpc) is 3.35. The van der Waals surface area contributed by atoms with Gasteiger partial charge in [-0.3, -0.25) is 0 Å². The second kappa shape index (κ2) is 13.3. The molecule has 3 rings (SSSR count). The molecule has 3 aromatic rings. The van der Waals surface area contributed by atoms with Gasteiger partial charge in [-0.1, -0.05) is 82.4 Å². The van der Waals surface area contributed by atoms with E-state index in [1.807, 2.05) is 60.7 Å². The molecule has 0 aliphatic rings. The van der Waals surface area contributed by atoms with Gasteiger partial charge >= 0.3 is 10.2 Å². The van der Waals surface area contributed by atoms with Crippen molar-refractivity contribution < 1.29 is 23.4 Å². The highest BCUT2D eigenvalue weighted by molar-refractivity contribution is 8.00. The zero-order valence-corrected chi connectivity index (χ0v) is 27.1. The zero-order valence-electron chi connectivity index (χ0n) is 24.5. The van der Waals surface area contributed by atoms with Crippen LogP contribution in [0.5, 0.6) is 0 Å². The highest BCUT2D eigenvalue weighted by Crippen LogP contribution is 2.38. The molecule has 0 amide bonds. The SMILES string of the molecule is CN(C)S(=O)(=O)n1c([C@H](O)[C@@H](C[C@H](O)COCc2ccccc2)Sc2ccccc2)cnc1[Si](C)(C)C(C)(C)C. The molecule has 0 bridgehead atoms. The first kappa shape index (κ1) is 32.5. The van der Waals surface area contributed by atoms with E-state index in [-0.39, 0.29) is 23.8 Å². The summed E-state index contributed by atoms with van der Waals surface area (Å²) in [6.45, 7) is 10.9. The summed E-state index contributed by atoms with van der Waals surface area (Å²) in [5.41, 5.74) is 1.68. The fourth-order valence-electron chi connectivity index (χ4n) is 4.04. The zero-order chi connectivity index (χ0) is 29.7. The normalized spacial score (nSPS) is 15.2. The highest BCUT2D eigenvalue weighted by Gasteiger charge is 2.45. The molecule has 220 valence electrons. The lowest BCUT2D eigenvalue weighted by molar-refractivity contribution is 0.0178. The lowest BCUT2D eigenvalue weighted by Gasteiger charge is -2.37. The third kappa shape index (κ3) is 7.64. The molecule has 0 aliphatic carbocycles. The van der Waals surface area contributed by atoms with Crippen LogP contribution in [0.1, 0.15) is 44.6 Å². The largest absolute Gasteiger partial charge is 0.391 e. The second-order valence-electron chi connectivity index (χ2n) is 11.7. The number of nitrogens with zero attached hydrogens (tertiary/aromatic N) is 3. The van der Waals surface area contributed by atoms with E-state index >= 15 is 0 Å². The van der Waals surface area contributed by atoms with Crippen molar-refractivity contribution in [2.75, 3.05) is 20.7 Å². The van der Waals surface area contributed by atoms with Gasteiger partial charge in [0.25, 0.3) is 0 Å². The van der Waals surface area contributed by atoms with Crippen LogP contribution in [0.3, 0.4) is 0 Å².